The van der Waals surface area contributed by atoms with E-state index in [9.17, 15) is 4.79 Å². The second-order valence-electron chi connectivity index (χ2n) is 7.31. The molecule has 1 atom stereocenters. The summed E-state index contributed by atoms with van der Waals surface area (Å²) >= 11 is 12.1. The molecule has 10 heteroatoms. The van der Waals surface area contributed by atoms with E-state index in [1.807, 2.05) is 11.1 Å². The van der Waals surface area contributed by atoms with Crippen LogP contribution in [0.25, 0.3) is 0 Å². The Labute approximate surface area is 187 Å². The van der Waals surface area contributed by atoms with Gasteiger partial charge in [0.05, 0.1) is 48.1 Å². The molecule has 0 spiro atoms. The molecule has 0 bridgehead atoms. The molecular formula is C20H29Cl2N5O3. The number of nitrogens with zero attached hydrogens (tertiary/aromatic N) is 3. The molecule has 30 heavy (non-hydrogen) atoms. The number of carbonyl (C=O) groups excluding carboxylic acids is 1. The van der Waals surface area contributed by atoms with Crippen molar-refractivity contribution in [3.63, 3.8) is 0 Å². The third-order valence-electron chi connectivity index (χ3n) is 5.10. The van der Waals surface area contributed by atoms with E-state index in [4.69, 9.17) is 38.4 Å². The summed E-state index contributed by atoms with van der Waals surface area (Å²) in [6.45, 7) is 5.97. The number of hydrogen-bond acceptors (Lipinski definition) is 7. The number of nitrogens with one attached hydrogen (secondary N) is 1. The lowest BCUT2D eigenvalue weighted by Crippen LogP contribution is -2.36. The van der Waals surface area contributed by atoms with Crippen LogP contribution in [0.2, 0.25) is 10.0 Å². The van der Waals surface area contributed by atoms with Crippen molar-refractivity contribution >= 4 is 40.6 Å². The molecule has 2 aliphatic rings. The number of carbonyl (C=O) groups is 1. The molecule has 1 aromatic rings. The third kappa shape index (κ3) is 6.80. The number of nitrogens with two attached hydrogens (primary N) is 1. The van der Waals surface area contributed by atoms with E-state index in [0.717, 1.165) is 31.7 Å². The van der Waals surface area contributed by atoms with Gasteiger partial charge in [-0.15, -0.1) is 0 Å². The fourth-order valence-corrected chi connectivity index (χ4v) is 3.76. The maximum atomic E-state index is 12.6. The van der Waals surface area contributed by atoms with E-state index in [-0.39, 0.29) is 11.8 Å². The number of likely N-dealkylation sites (tertiary alicyclic amines) is 1. The van der Waals surface area contributed by atoms with E-state index in [0.29, 0.717) is 61.8 Å². The highest BCUT2D eigenvalue weighted by Gasteiger charge is 2.29. The number of hydrazone groups is 1. The monoisotopic (exact) mass is 457 g/mol. The van der Waals surface area contributed by atoms with Gasteiger partial charge < -0.3 is 25.4 Å². The molecule has 1 saturated heterocycles. The van der Waals surface area contributed by atoms with Crippen LogP contribution >= 0.6 is 23.2 Å². The van der Waals surface area contributed by atoms with Crippen LogP contribution in [-0.2, 0) is 14.3 Å². The summed E-state index contributed by atoms with van der Waals surface area (Å²) < 4.78 is 10.8. The first-order valence-electron chi connectivity index (χ1n) is 10.3. The van der Waals surface area contributed by atoms with Gasteiger partial charge in [-0.3, -0.25) is 9.80 Å². The van der Waals surface area contributed by atoms with E-state index < -0.39 is 0 Å². The van der Waals surface area contributed by atoms with Crippen LogP contribution < -0.4 is 16.1 Å². The van der Waals surface area contributed by atoms with E-state index >= 15 is 0 Å². The number of amides is 1. The number of ether oxygens (including phenoxy) is 2. The highest BCUT2D eigenvalue weighted by molar-refractivity contribution is 6.42. The fourth-order valence-electron chi connectivity index (χ4n) is 3.47. The van der Waals surface area contributed by atoms with Gasteiger partial charge in [0.2, 0.25) is 5.91 Å². The molecule has 0 saturated carbocycles. The summed E-state index contributed by atoms with van der Waals surface area (Å²) in [7, 11) is 0. The molecule has 0 unspecified atom stereocenters. The minimum atomic E-state index is -0.0281. The predicted octanol–water partition coefficient (Wildman–Crippen LogP) is 1.95. The lowest BCUT2D eigenvalue weighted by atomic mass is 10.1. The second kappa shape index (κ2) is 11.8. The highest BCUT2D eigenvalue weighted by atomic mass is 35.5. The topological polar surface area (TPSA) is 92.4 Å². The molecule has 166 valence electrons. The molecular weight excluding hydrogens is 429 g/mol. The van der Waals surface area contributed by atoms with Gasteiger partial charge in [0.15, 0.2) is 0 Å². The van der Waals surface area contributed by atoms with E-state index in [1.54, 1.807) is 12.1 Å². The van der Waals surface area contributed by atoms with Crippen LogP contribution in [0.1, 0.15) is 12.8 Å². The molecule has 0 aliphatic carbocycles. The zero-order valence-electron chi connectivity index (χ0n) is 17.0. The van der Waals surface area contributed by atoms with Crippen molar-refractivity contribution in [2.24, 2.45) is 16.8 Å². The van der Waals surface area contributed by atoms with Crippen LogP contribution in [0.5, 0.6) is 0 Å². The van der Waals surface area contributed by atoms with Gasteiger partial charge in [-0.05, 0) is 31.2 Å². The highest BCUT2D eigenvalue weighted by Crippen LogP contribution is 2.28. The Morgan fingerprint density at radius 3 is 2.73 bits per heavy atom. The molecule has 1 amide bonds. The first kappa shape index (κ1) is 23.2. The molecule has 0 aromatic heterocycles. The van der Waals surface area contributed by atoms with Gasteiger partial charge in [-0.2, -0.15) is 5.10 Å². The fraction of sp³-hybridized carbons (Fsp3) is 0.600. The van der Waals surface area contributed by atoms with Crippen molar-refractivity contribution in [2.75, 3.05) is 64.2 Å². The van der Waals surface area contributed by atoms with Gasteiger partial charge in [0, 0.05) is 32.6 Å². The van der Waals surface area contributed by atoms with E-state index in [2.05, 4.69) is 15.3 Å². The average molecular weight is 458 g/mol. The summed E-state index contributed by atoms with van der Waals surface area (Å²) in [5.74, 6) is 0.688. The zero-order chi connectivity index (χ0) is 21.3. The summed E-state index contributed by atoms with van der Waals surface area (Å²) in [5, 5.41) is 10.3. The SMILES string of the molecule is NCCOCCOCCN1CC[C@@H](C(=O)NC2=NN(c3ccc(Cl)c(Cl)c3)CC2)C1. The molecule has 1 fully saturated rings. The Hall–Kier alpha value is -1.42. The Kier molecular flexibility index (Phi) is 9.17. The minimum Gasteiger partial charge on any atom is -0.378 e. The minimum absolute atomic E-state index is 0.0281. The summed E-state index contributed by atoms with van der Waals surface area (Å²) in [6, 6.07) is 5.39. The van der Waals surface area contributed by atoms with Crippen LogP contribution in [0.15, 0.2) is 23.3 Å². The standard InChI is InChI=1S/C20H29Cl2N5O3/c21-17-2-1-16(13-18(17)22)27-7-4-19(25-27)24-20(28)15-3-6-26(14-15)8-10-30-12-11-29-9-5-23/h1-2,13,15H,3-12,14,23H2,(H,24,25,28)/t15-/m1/s1. The van der Waals surface area contributed by atoms with Crippen LogP contribution in [0.3, 0.4) is 0 Å². The first-order valence-corrected chi connectivity index (χ1v) is 11.0. The van der Waals surface area contributed by atoms with Crippen molar-refractivity contribution in [1.29, 1.82) is 0 Å². The van der Waals surface area contributed by atoms with Crippen molar-refractivity contribution < 1.29 is 14.3 Å². The lowest BCUT2D eigenvalue weighted by Gasteiger charge is -2.16. The Morgan fingerprint density at radius 2 is 1.97 bits per heavy atom. The summed E-state index contributed by atoms with van der Waals surface area (Å²) in [4.78, 5) is 14.9. The normalized spacial score (nSPS) is 19.4. The summed E-state index contributed by atoms with van der Waals surface area (Å²) in [6.07, 6.45) is 1.53. The second-order valence-corrected chi connectivity index (χ2v) is 8.12. The Bertz CT molecular complexity index is 749. The smallest absolute Gasteiger partial charge is 0.229 e. The molecule has 2 aliphatic heterocycles. The Balaban J connectivity index is 1.37. The quantitative estimate of drug-likeness (QED) is 0.521. The molecule has 3 rings (SSSR count). The molecule has 8 nitrogen and oxygen atoms in total. The predicted molar refractivity (Wildman–Crippen MR) is 119 cm³/mol. The molecule has 0 radical (unpaired) electrons. The third-order valence-corrected chi connectivity index (χ3v) is 5.84. The van der Waals surface area contributed by atoms with Crippen LogP contribution in [0.4, 0.5) is 5.69 Å². The van der Waals surface area contributed by atoms with Crippen molar-refractivity contribution in [3.8, 4) is 0 Å². The maximum absolute atomic E-state index is 12.6. The van der Waals surface area contributed by atoms with Gasteiger partial charge in [0.25, 0.3) is 0 Å². The average Bonchev–Trinajstić information content (AvgIpc) is 3.39. The van der Waals surface area contributed by atoms with E-state index in [1.165, 1.54) is 0 Å². The molecule has 2 heterocycles. The van der Waals surface area contributed by atoms with Gasteiger partial charge in [-0.25, -0.2) is 0 Å². The van der Waals surface area contributed by atoms with Gasteiger partial charge >= 0.3 is 0 Å². The van der Waals surface area contributed by atoms with Crippen molar-refractivity contribution in [2.45, 2.75) is 12.8 Å². The number of benzene rings is 1. The number of rotatable bonds is 10. The van der Waals surface area contributed by atoms with Gasteiger partial charge in [0.1, 0.15) is 5.84 Å². The van der Waals surface area contributed by atoms with Gasteiger partial charge in [-0.1, -0.05) is 23.2 Å². The molecule has 1 aromatic carbocycles. The zero-order valence-corrected chi connectivity index (χ0v) is 18.5. The van der Waals surface area contributed by atoms with Crippen LogP contribution in [0, 0.1) is 5.92 Å². The largest absolute Gasteiger partial charge is 0.378 e. The number of hydrogen-bond donors (Lipinski definition) is 2. The maximum Gasteiger partial charge on any atom is 0.229 e. The van der Waals surface area contributed by atoms with Crippen molar-refractivity contribution in [3.05, 3.63) is 28.2 Å². The number of anilines is 1. The number of amidine groups is 1. The van der Waals surface area contributed by atoms with Crippen molar-refractivity contribution in [1.82, 2.24) is 10.2 Å². The summed E-state index contributed by atoms with van der Waals surface area (Å²) in [5.41, 5.74) is 6.22. The molecule has 3 N–H and O–H groups in total. The Morgan fingerprint density at radius 1 is 1.17 bits per heavy atom. The number of halogens is 2. The lowest BCUT2D eigenvalue weighted by molar-refractivity contribution is -0.123. The first-order chi connectivity index (χ1) is 14.6. The van der Waals surface area contributed by atoms with Crippen LogP contribution in [-0.4, -0.2) is 75.8 Å².